The molecule has 3 aliphatic heterocycles. The first kappa shape index (κ1) is 22.6. The molecule has 7 nitrogen and oxygen atoms in total. The Bertz CT molecular complexity index is 1090. The number of ether oxygens (including phenoxy) is 2. The number of cyclic esters (lactones) is 1. The van der Waals surface area contributed by atoms with Crippen molar-refractivity contribution in [3.63, 3.8) is 0 Å². The van der Waals surface area contributed by atoms with Crippen LogP contribution in [0, 0.1) is 6.92 Å². The van der Waals surface area contributed by atoms with Crippen molar-refractivity contribution >= 4 is 12.1 Å². The van der Waals surface area contributed by atoms with Crippen LogP contribution in [-0.2, 0) is 22.7 Å². The lowest BCUT2D eigenvalue weighted by Crippen LogP contribution is -2.63. The second-order valence-corrected chi connectivity index (χ2v) is 9.28. The fourth-order valence-corrected chi connectivity index (χ4v) is 5.41. The van der Waals surface area contributed by atoms with Gasteiger partial charge in [-0.2, -0.15) is 0 Å². The molecule has 0 saturated carbocycles. The van der Waals surface area contributed by atoms with Crippen molar-refractivity contribution in [3.05, 3.63) is 82.9 Å². The van der Waals surface area contributed by atoms with E-state index in [2.05, 4.69) is 29.4 Å². The maximum atomic E-state index is 12.7. The summed E-state index contributed by atoms with van der Waals surface area (Å²) < 4.78 is 10.8. The molecule has 2 aromatic carbocycles. The van der Waals surface area contributed by atoms with Gasteiger partial charge >= 0.3 is 12.1 Å². The van der Waals surface area contributed by atoms with E-state index in [9.17, 15) is 9.59 Å². The number of nitrogens with zero attached hydrogens (tertiary/aromatic N) is 3. The summed E-state index contributed by atoms with van der Waals surface area (Å²) in [5.74, 6) is -0.230. The number of hydrogen-bond donors (Lipinski definition) is 0. The van der Waals surface area contributed by atoms with Gasteiger partial charge in [-0.1, -0.05) is 42.5 Å². The Kier molecular flexibility index (Phi) is 6.39. The largest absolute Gasteiger partial charge is 0.457 e. The van der Waals surface area contributed by atoms with Gasteiger partial charge in [0.2, 0.25) is 0 Å². The highest BCUT2D eigenvalue weighted by atomic mass is 16.6. The molecule has 0 radical (unpaired) electrons. The van der Waals surface area contributed by atoms with Crippen LogP contribution in [0.4, 0.5) is 4.79 Å². The fourth-order valence-electron chi connectivity index (χ4n) is 5.41. The van der Waals surface area contributed by atoms with E-state index in [1.54, 1.807) is 0 Å². The summed E-state index contributed by atoms with van der Waals surface area (Å²) in [4.78, 5) is 31.5. The topological polar surface area (TPSA) is 62.3 Å². The number of hydrogen-bond acceptors (Lipinski definition) is 6. The van der Waals surface area contributed by atoms with Crippen LogP contribution in [0.3, 0.4) is 0 Å². The molecule has 7 heteroatoms. The van der Waals surface area contributed by atoms with Crippen molar-refractivity contribution in [2.75, 3.05) is 39.3 Å². The van der Waals surface area contributed by atoms with Gasteiger partial charge in [-0.25, -0.2) is 9.59 Å². The van der Waals surface area contributed by atoms with Gasteiger partial charge in [-0.05, 0) is 29.7 Å². The summed E-state index contributed by atoms with van der Waals surface area (Å²) in [6, 6.07) is 14.2. The summed E-state index contributed by atoms with van der Waals surface area (Å²) in [5, 5.41) is 0. The molecule has 2 saturated heterocycles. The Morgan fingerprint density at radius 3 is 2.76 bits per heavy atom. The molecular weight excluding hydrogens is 430 g/mol. The Labute approximate surface area is 200 Å². The van der Waals surface area contributed by atoms with Gasteiger partial charge in [0.15, 0.2) is 0 Å². The molecule has 0 unspecified atom stereocenters. The first-order chi connectivity index (χ1) is 16.5. The van der Waals surface area contributed by atoms with Gasteiger partial charge in [0.05, 0.1) is 5.56 Å². The zero-order chi connectivity index (χ0) is 23.7. The van der Waals surface area contributed by atoms with Crippen molar-refractivity contribution in [1.29, 1.82) is 0 Å². The highest BCUT2D eigenvalue weighted by Crippen LogP contribution is 2.35. The molecule has 0 N–H and O–H groups in total. The zero-order valence-corrected chi connectivity index (χ0v) is 19.6. The number of carbonyl (C=O) groups is 2. The molecule has 0 aliphatic carbocycles. The third kappa shape index (κ3) is 4.33. The molecule has 3 heterocycles. The highest BCUT2D eigenvalue weighted by molar-refractivity contribution is 5.94. The quantitative estimate of drug-likeness (QED) is 0.502. The van der Waals surface area contributed by atoms with Crippen molar-refractivity contribution in [3.8, 4) is 0 Å². The molecule has 0 aromatic heterocycles. The maximum absolute atomic E-state index is 12.7. The Balaban J connectivity index is 1.28. The number of carbonyl (C=O) groups excluding carboxylic acids is 2. The average molecular weight is 462 g/mol. The van der Waals surface area contributed by atoms with Crippen LogP contribution in [0.5, 0.6) is 0 Å². The van der Waals surface area contributed by atoms with Crippen LogP contribution in [0.25, 0.3) is 0 Å². The highest BCUT2D eigenvalue weighted by Gasteiger charge is 2.39. The summed E-state index contributed by atoms with van der Waals surface area (Å²) in [7, 11) is 0. The predicted molar refractivity (Wildman–Crippen MR) is 128 cm³/mol. The first-order valence-electron chi connectivity index (χ1n) is 11.9. The summed E-state index contributed by atoms with van der Waals surface area (Å²) >= 11 is 0. The Hall–Kier alpha value is -3.16. The van der Waals surface area contributed by atoms with Crippen molar-refractivity contribution in [2.45, 2.75) is 32.2 Å². The number of piperazine rings is 2. The molecule has 1 amide bonds. The molecule has 178 valence electrons. The van der Waals surface area contributed by atoms with E-state index in [4.69, 9.17) is 9.47 Å². The van der Waals surface area contributed by atoms with E-state index in [-0.39, 0.29) is 24.1 Å². The van der Waals surface area contributed by atoms with Crippen LogP contribution in [0.2, 0.25) is 0 Å². The molecule has 2 aromatic rings. The van der Waals surface area contributed by atoms with Gasteiger partial charge in [-0.15, -0.1) is 6.58 Å². The number of amides is 1. The number of benzene rings is 2. The van der Waals surface area contributed by atoms with E-state index < -0.39 is 0 Å². The van der Waals surface area contributed by atoms with Crippen LogP contribution in [0.1, 0.15) is 38.7 Å². The average Bonchev–Trinajstić information content (AvgIpc) is 3.24. The normalized spacial score (nSPS) is 22.6. The fraction of sp³-hybridized carbons (Fsp3) is 0.407. The lowest BCUT2D eigenvalue weighted by atomic mass is 9.90. The van der Waals surface area contributed by atoms with E-state index in [0.29, 0.717) is 31.9 Å². The monoisotopic (exact) mass is 461 g/mol. The standard InChI is InChI=1S/C27H31N3O4/c1-3-11-29-14-21-15-30(27(32)34-17-20-7-5-4-6-8-20)13-12-28(21)16-25(29)22-9-10-23-24(19(22)2)18-33-26(23)31/h3-10,21,25H,1,11-18H2,2H3/t21-,25-/m1/s1. The molecule has 2 fully saturated rings. The summed E-state index contributed by atoms with van der Waals surface area (Å²) in [6.45, 7) is 11.3. The van der Waals surface area contributed by atoms with E-state index in [1.807, 2.05) is 47.4 Å². The summed E-state index contributed by atoms with van der Waals surface area (Å²) in [6.07, 6.45) is 1.69. The van der Waals surface area contributed by atoms with Gasteiger partial charge in [0.1, 0.15) is 13.2 Å². The number of esters is 1. The first-order valence-corrected chi connectivity index (χ1v) is 11.9. The molecule has 0 bridgehead atoms. The summed E-state index contributed by atoms with van der Waals surface area (Å²) in [5.41, 5.74) is 5.07. The minimum atomic E-state index is -0.250. The van der Waals surface area contributed by atoms with Crippen molar-refractivity contribution < 1.29 is 19.1 Å². The second-order valence-electron chi connectivity index (χ2n) is 9.28. The van der Waals surface area contributed by atoms with Crippen molar-refractivity contribution in [2.24, 2.45) is 0 Å². The number of rotatable bonds is 5. The number of fused-ring (bicyclic) bond motifs is 2. The van der Waals surface area contributed by atoms with Crippen LogP contribution >= 0.6 is 0 Å². The third-order valence-electron chi connectivity index (χ3n) is 7.29. The maximum Gasteiger partial charge on any atom is 0.410 e. The minimum Gasteiger partial charge on any atom is -0.457 e. The van der Waals surface area contributed by atoms with Gasteiger partial charge in [-0.3, -0.25) is 9.80 Å². The Morgan fingerprint density at radius 1 is 1.15 bits per heavy atom. The van der Waals surface area contributed by atoms with E-state index in [1.165, 1.54) is 5.56 Å². The van der Waals surface area contributed by atoms with Gasteiger partial charge < -0.3 is 14.4 Å². The lowest BCUT2D eigenvalue weighted by molar-refractivity contribution is -0.0156. The van der Waals surface area contributed by atoms with Gasteiger partial charge in [0.25, 0.3) is 0 Å². The molecule has 34 heavy (non-hydrogen) atoms. The van der Waals surface area contributed by atoms with E-state index >= 15 is 0 Å². The van der Waals surface area contributed by atoms with Crippen LogP contribution in [0.15, 0.2) is 55.1 Å². The SMILES string of the molecule is C=CCN1C[C@@H]2CN(C(=O)OCc3ccccc3)CCN2C[C@@H]1c1ccc2c(c1C)COC2=O. The minimum absolute atomic E-state index is 0.201. The molecule has 2 atom stereocenters. The van der Waals surface area contributed by atoms with E-state index in [0.717, 1.165) is 42.9 Å². The smallest absolute Gasteiger partial charge is 0.410 e. The molecule has 3 aliphatic rings. The zero-order valence-electron chi connectivity index (χ0n) is 19.6. The second kappa shape index (κ2) is 9.60. The molecule has 0 spiro atoms. The third-order valence-corrected chi connectivity index (χ3v) is 7.29. The Morgan fingerprint density at radius 2 is 1.97 bits per heavy atom. The molecule has 5 rings (SSSR count). The lowest BCUT2D eigenvalue weighted by Gasteiger charge is -2.50. The van der Waals surface area contributed by atoms with Crippen LogP contribution < -0.4 is 0 Å². The van der Waals surface area contributed by atoms with Crippen molar-refractivity contribution in [1.82, 2.24) is 14.7 Å². The van der Waals surface area contributed by atoms with Crippen LogP contribution in [-0.4, -0.2) is 72.1 Å². The molecular formula is C27H31N3O4. The predicted octanol–water partition coefficient (Wildman–Crippen LogP) is 3.53. The van der Waals surface area contributed by atoms with Gasteiger partial charge in [0, 0.05) is 56.9 Å².